The predicted octanol–water partition coefficient (Wildman–Crippen LogP) is 4.22. The molecule has 2 aromatic heterocycles. The average molecular weight is 595 g/mol. The number of hydrogen-bond donors (Lipinski definition) is 2. The van der Waals surface area contributed by atoms with Crippen LogP contribution < -0.4 is 16.2 Å². The number of carbonyl (C=O) groups excluding carboxylic acids is 1. The number of nitrogens with zero attached hydrogens (tertiary/aromatic N) is 6. The summed E-state index contributed by atoms with van der Waals surface area (Å²) in [6, 6.07) is 18.8. The zero-order valence-corrected chi connectivity index (χ0v) is 26.1. The van der Waals surface area contributed by atoms with Gasteiger partial charge in [-0.25, -0.2) is 4.98 Å². The second-order valence-corrected chi connectivity index (χ2v) is 12.5. The molecule has 4 aromatic rings. The highest BCUT2D eigenvalue weighted by atomic mass is 16.2. The SMILES string of the molecule is CC(=O)N1CCC(c2ccc(-c3cc4cnc(Nc5ccc(NC6CCN(C)C6)cc5)nc4n(CCN(C)C)c3=O)cc2)C1. The summed E-state index contributed by atoms with van der Waals surface area (Å²) >= 11 is 0. The number of carbonyl (C=O) groups is 1. The van der Waals surface area contributed by atoms with Crippen molar-refractivity contribution < 1.29 is 4.79 Å². The molecule has 0 aliphatic carbocycles. The number of fused-ring (bicyclic) bond motifs is 1. The van der Waals surface area contributed by atoms with E-state index in [1.807, 2.05) is 49.3 Å². The van der Waals surface area contributed by atoms with Crippen LogP contribution in [0.15, 0.2) is 65.6 Å². The summed E-state index contributed by atoms with van der Waals surface area (Å²) in [6.07, 6.45) is 3.89. The first-order valence-electron chi connectivity index (χ1n) is 15.5. The lowest BCUT2D eigenvalue weighted by Crippen LogP contribution is -2.28. The van der Waals surface area contributed by atoms with E-state index in [1.165, 1.54) is 5.56 Å². The molecule has 0 spiro atoms. The van der Waals surface area contributed by atoms with E-state index in [0.29, 0.717) is 42.2 Å². The van der Waals surface area contributed by atoms with Crippen LogP contribution in [-0.4, -0.2) is 95.1 Å². The van der Waals surface area contributed by atoms with Gasteiger partial charge in [-0.2, -0.15) is 4.98 Å². The van der Waals surface area contributed by atoms with Gasteiger partial charge in [-0.3, -0.25) is 14.2 Å². The molecule has 10 heteroatoms. The Bertz CT molecular complexity index is 1680. The molecule has 1 amide bonds. The molecular weight excluding hydrogens is 552 g/mol. The number of amides is 1. The molecule has 2 aliphatic heterocycles. The van der Waals surface area contributed by atoms with Crippen LogP contribution in [-0.2, 0) is 11.3 Å². The maximum Gasteiger partial charge on any atom is 0.260 e. The van der Waals surface area contributed by atoms with Crippen molar-refractivity contribution >= 4 is 34.3 Å². The Morgan fingerprint density at radius 1 is 1.00 bits per heavy atom. The third-order valence-corrected chi connectivity index (χ3v) is 8.83. The summed E-state index contributed by atoms with van der Waals surface area (Å²) in [5, 5.41) is 7.73. The summed E-state index contributed by atoms with van der Waals surface area (Å²) in [6.45, 7) is 6.53. The highest BCUT2D eigenvalue weighted by Crippen LogP contribution is 2.29. The average Bonchev–Trinajstić information content (AvgIpc) is 3.67. The third-order valence-electron chi connectivity index (χ3n) is 8.83. The summed E-state index contributed by atoms with van der Waals surface area (Å²) < 4.78 is 1.76. The number of likely N-dealkylation sites (N-methyl/N-ethyl adjacent to an activating group) is 2. The Morgan fingerprint density at radius 3 is 2.41 bits per heavy atom. The molecule has 2 saturated heterocycles. The summed E-state index contributed by atoms with van der Waals surface area (Å²) in [5.41, 5.74) is 5.18. The van der Waals surface area contributed by atoms with E-state index in [4.69, 9.17) is 4.98 Å². The Kier molecular flexibility index (Phi) is 8.63. The minimum Gasteiger partial charge on any atom is -0.381 e. The third kappa shape index (κ3) is 6.61. The second-order valence-electron chi connectivity index (χ2n) is 12.5. The molecule has 2 aliphatic rings. The summed E-state index contributed by atoms with van der Waals surface area (Å²) in [4.78, 5) is 41.4. The Balaban J connectivity index is 1.25. The van der Waals surface area contributed by atoms with Gasteiger partial charge in [0.05, 0.1) is 0 Å². The van der Waals surface area contributed by atoms with Crippen LogP contribution in [0.1, 0.15) is 31.2 Å². The molecule has 6 rings (SSSR count). The molecular formula is C34H42N8O2. The zero-order valence-electron chi connectivity index (χ0n) is 26.1. The number of benzene rings is 2. The fourth-order valence-corrected chi connectivity index (χ4v) is 6.25. The minimum absolute atomic E-state index is 0.0756. The first-order valence-corrected chi connectivity index (χ1v) is 15.5. The lowest BCUT2D eigenvalue weighted by Gasteiger charge is -2.17. The minimum atomic E-state index is -0.0756. The van der Waals surface area contributed by atoms with Gasteiger partial charge in [0.15, 0.2) is 0 Å². The summed E-state index contributed by atoms with van der Waals surface area (Å²) in [7, 11) is 6.15. The molecule has 2 unspecified atom stereocenters. The number of anilines is 3. The van der Waals surface area contributed by atoms with Crippen molar-refractivity contribution in [2.24, 2.45) is 0 Å². The van der Waals surface area contributed by atoms with Crippen LogP contribution in [0.5, 0.6) is 0 Å². The van der Waals surface area contributed by atoms with E-state index in [-0.39, 0.29) is 11.5 Å². The molecule has 2 aromatic carbocycles. The van der Waals surface area contributed by atoms with Gasteiger partial charge in [-0.05, 0) is 82.0 Å². The number of rotatable bonds is 9. The fraction of sp³-hybridized carbons (Fsp3) is 0.412. The van der Waals surface area contributed by atoms with Crippen LogP contribution in [0, 0.1) is 0 Å². The van der Waals surface area contributed by atoms with Gasteiger partial charge in [0, 0.05) is 80.1 Å². The number of likely N-dealkylation sites (tertiary alicyclic amines) is 2. The zero-order chi connectivity index (χ0) is 30.8. The first kappa shape index (κ1) is 29.8. The molecule has 2 N–H and O–H groups in total. The maximum absolute atomic E-state index is 13.9. The van der Waals surface area contributed by atoms with E-state index >= 15 is 0 Å². The van der Waals surface area contributed by atoms with Crippen molar-refractivity contribution in [1.29, 1.82) is 0 Å². The lowest BCUT2D eigenvalue weighted by molar-refractivity contribution is -0.127. The second kappa shape index (κ2) is 12.8. The Morgan fingerprint density at radius 2 is 1.75 bits per heavy atom. The molecule has 0 saturated carbocycles. The van der Waals surface area contributed by atoms with E-state index in [0.717, 1.165) is 61.3 Å². The first-order chi connectivity index (χ1) is 21.2. The van der Waals surface area contributed by atoms with Gasteiger partial charge in [0.2, 0.25) is 11.9 Å². The van der Waals surface area contributed by atoms with Gasteiger partial charge >= 0.3 is 0 Å². The number of hydrogen-bond acceptors (Lipinski definition) is 8. The Labute approximate surface area is 258 Å². The standard InChI is InChI=1S/C34H42N8O2/c1-23(43)41-16-13-26(21-41)24-5-7-25(8-6-24)31-19-27-20-35-34(38-32(27)42(33(31)44)18-17-39(2)3)37-29-11-9-28(10-12-29)36-30-14-15-40(4)22-30/h5-12,19-20,26,30,36H,13-18,21-22H2,1-4H3,(H,35,37,38). The van der Waals surface area contributed by atoms with Crippen molar-refractivity contribution in [2.45, 2.75) is 38.3 Å². The van der Waals surface area contributed by atoms with Crippen LogP contribution in [0.25, 0.3) is 22.2 Å². The normalized spacial score (nSPS) is 18.8. The monoisotopic (exact) mass is 594 g/mol. The van der Waals surface area contributed by atoms with Crippen molar-refractivity contribution in [1.82, 2.24) is 29.2 Å². The van der Waals surface area contributed by atoms with Crippen LogP contribution in [0.4, 0.5) is 17.3 Å². The van der Waals surface area contributed by atoms with Crippen molar-refractivity contribution in [3.63, 3.8) is 0 Å². The molecule has 0 radical (unpaired) electrons. The lowest BCUT2D eigenvalue weighted by atomic mass is 9.96. The fourth-order valence-electron chi connectivity index (χ4n) is 6.25. The molecule has 44 heavy (non-hydrogen) atoms. The van der Waals surface area contributed by atoms with Crippen molar-refractivity contribution in [2.75, 3.05) is 64.5 Å². The molecule has 0 bridgehead atoms. The molecule has 2 fully saturated rings. The molecule has 2 atom stereocenters. The van der Waals surface area contributed by atoms with Crippen LogP contribution in [0.3, 0.4) is 0 Å². The van der Waals surface area contributed by atoms with Crippen molar-refractivity contribution in [3.05, 3.63) is 76.7 Å². The quantitative estimate of drug-likeness (QED) is 0.297. The van der Waals surface area contributed by atoms with Gasteiger partial charge in [-0.15, -0.1) is 0 Å². The molecule has 10 nitrogen and oxygen atoms in total. The highest BCUT2D eigenvalue weighted by molar-refractivity contribution is 5.82. The maximum atomic E-state index is 13.9. The highest BCUT2D eigenvalue weighted by Gasteiger charge is 2.25. The molecule has 230 valence electrons. The van der Waals surface area contributed by atoms with Crippen LogP contribution >= 0.6 is 0 Å². The van der Waals surface area contributed by atoms with Gasteiger partial charge in [0.1, 0.15) is 5.65 Å². The van der Waals surface area contributed by atoms with Crippen molar-refractivity contribution in [3.8, 4) is 11.1 Å². The summed E-state index contributed by atoms with van der Waals surface area (Å²) in [5.74, 6) is 0.890. The molecule has 4 heterocycles. The smallest absolute Gasteiger partial charge is 0.260 e. The van der Waals surface area contributed by atoms with E-state index in [2.05, 4.69) is 56.7 Å². The van der Waals surface area contributed by atoms with E-state index < -0.39 is 0 Å². The largest absolute Gasteiger partial charge is 0.381 e. The van der Waals surface area contributed by atoms with Gasteiger partial charge in [0.25, 0.3) is 5.56 Å². The Hall–Kier alpha value is -4.28. The van der Waals surface area contributed by atoms with Crippen LogP contribution in [0.2, 0.25) is 0 Å². The number of pyridine rings is 1. The van der Waals surface area contributed by atoms with E-state index in [9.17, 15) is 9.59 Å². The predicted molar refractivity (Wildman–Crippen MR) is 177 cm³/mol. The van der Waals surface area contributed by atoms with Gasteiger partial charge < -0.3 is 25.3 Å². The number of aromatic nitrogens is 3. The van der Waals surface area contributed by atoms with E-state index in [1.54, 1.807) is 17.7 Å². The topological polar surface area (TPSA) is 98.6 Å². The number of nitrogens with one attached hydrogen (secondary N) is 2. The van der Waals surface area contributed by atoms with Gasteiger partial charge in [-0.1, -0.05) is 24.3 Å².